The lowest BCUT2D eigenvalue weighted by molar-refractivity contribution is -0.139. The molecule has 0 atom stereocenters. The molecule has 1 saturated carbocycles. The molecule has 0 unspecified atom stereocenters. The van der Waals surface area contributed by atoms with Crippen molar-refractivity contribution in [2.24, 2.45) is 0 Å². The molecule has 1 aliphatic carbocycles. The Balaban J connectivity index is 2.08. The molecule has 1 aromatic carbocycles. The van der Waals surface area contributed by atoms with E-state index in [0.717, 1.165) is 35.7 Å². The van der Waals surface area contributed by atoms with Gasteiger partial charge in [0.25, 0.3) is 0 Å². The van der Waals surface area contributed by atoms with Gasteiger partial charge in [0.05, 0.1) is 25.5 Å². The van der Waals surface area contributed by atoms with Crippen molar-refractivity contribution in [2.45, 2.75) is 44.1 Å². The number of ether oxygens (including phenoxy) is 1. The number of benzene rings is 1. The van der Waals surface area contributed by atoms with Gasteiger partial charge in [0.1, 0.15) is 5.75 Å². The highest BCUT2D eigenvalue weighted by Gasteiger charge is 2.37. The third kappa shape index (κ3) is 4.22. The summed E-state index contributed by atoms with van der Waals surface area (Å²) in [6.45, 7) is 0. The molecule has 120 valence electrons. The van der Waals surface area contributed by atoms with Gasteiger partial charge in [-0.15, -0.1) is 0 Å². The van der Waals surface area contributed by atoms with Gasteiger partial charge in [-0.2, -0.15) is 0 Å². The van der Waals surface area contributed by atoms with Crippen molar-refractivity contribution in [1.82, 2.24) is 5.32 Å². The zero-order valence-corrected chi connectivity index (χ0v) is 14.1. The number of halogens is 1. The third-order valence-electron chi connectivity index (χ3n) is 4.05. The average molecular weight is 370 g/mol. The summed E-state index contributed by atoms with van der Waals surface area (Å²) in [5, 5.41) is 12.0. The highest BCUT2D eigenvalue weighted by atomic mass is 79.9. The van der Waals surface area contributed by atoms with E-state index in [1.54, 1.807) is 13.2 Å². The number of carboxylic acids is 1. The fourth-order valence-electron chi connectivity index (χ4n) is 3.09. The summed E-state index contributed by atoms with van der Waals surface area (Å²) in [5.41, 5.74) is 0.181. The summed E-state index contributed by atoms with van der Waals surface area (Å²) < 4.78 is 6.14. The van der Waals surface area contributed by atoms with E-state index in [1.807, 2.05) is 12.1 Å². The number of carbonyl (C=O) groups excluding carboxylic acids is 1. The first-order chi connectivity index (χ1) is 10.4. The Kier molecular flexibility index (Phi) is 5.45. The van der Waals surface area contributed by atoms with Crippen LogP contribution in [0.3, 0.4) is 0 Å². The number of amides is 1. The Morgan fingerprint density at radius 2 is 2.05 bits per heavy atom. The molecule has 5 nitrogen and oxygen atoms in total. The second kappa shape index (κ2) is 7.13. The Morgan fingerprint density at radius 3 is 2.64 bits per heavy atom. The van der Waals surface area contributed by atoms with Crippen LogP contribution < -0.4 is 10.1 Å². The molecule has 1 aliphatic rings. The molecular formula is C16H20BrNO4. The summed E-state index contributed by atoms with van der Waals surface area (Å²) in [6.07, 6.45) is 3.50. The minimum atomic E-state index is -0.873. The Bertz CT molecular complexity index is 567. The molecule has 0 saturated heterocycles. The number of carbonyl (C=O) groups is 2. The van der Waals surface area contributed by atoms with Gasteiger partial charge in [-0.25, -0.2) is 0 Å². The summed E-state index contributed by atoms with van der Waals surface area (Å²) in [5.74, 6) is -0.390. The summed E-state index contributed by atoms with van der Waals surface area (Å²) in [4.78, 5) is 23.4. The van der Waals surface area contributed by atoms with Crippen molar-refractivity contribution in [3.8, 4) is 5.75 Å². The predicted molar refractivity (Wildman–Crippen MR) is 86.0 cm³/mol. The standard InChI is InChI=1S/C16H20BrNO4/c1-22-13-5-4-12(17)8-11(13)9-14(19)18-16(10-15(20)21)6-2-3-7-16/h4-5,8H,2-3,6-7,9-10H2,1H3,(H,18,19)(H,20,21). The van der Waals surface area contributed by atoms with Crippen LogP contribution in [0.2, 0.25) is 0 Å². The first-order valence-electron chi connectivity index (χ1n) is 7.29. The van der Waals surface area contributed by atoms with Crippen LogP contribution in [0.1, 0.15) is 37.7 Å². The van der Waals surface area contributed by atoms with Crippen molar-refractivity contribution in [2.75, 3.05) is 7.11 Å². The van der Waals surface area contributed by atoms with E-state index in [4.69, 9.17) is 9.84 Å². The van der Waals surface area contributed by atoms with Gasteiger partial charge in [0.15, 0.2) is 0 Å². The third-order valence-corrected chi connectivity index (χ3v) is 4.54. The SMILES string of the molecule is COc1ccc(Br)cc1CC(=O)NC1(CC(=O)O)CCCC1. The normalized spacial score (nSPS) is 16.3. The molecule has 2 N–H and O–H groups in total. The minimum Gasteiger partial charge on any atom is -0.496 e. The lowest BCUT2D eigenvalue weighted by Gasteiger charge is -2.28. The van der Waals surface area contributed by atoms with Crippen LogP contribution in [0, 0.1) is 0 Å². The van der Waals surface area contributed by atoms with Crippen molar-refractivity contribution < 1.29 is 19.4 Å². The topological polar surface area (TPSA) is 75.6 Å². The van der Waals surface area contributed by atoms with E-state index in [1.165, 1.54) is 0 Å². The van der Waals surface area contributed by atoms with Crippen LogP contribution in [0.5, 0.6) is 5.75 Å². The predicted octanol–water partition coefficient (Wildman–Crippen LogP) is 2.90. The van der Waals surface area contributed by atoms with Crippen molar-refractivity contribution in [3.63, 3.8) is 0 Å². The van der Waals surface area contributed by atoms with Gasteiger partial charge in [-0.05, 0) is 31.0 Å². The maximum Gasteiger partial charge on any atom is 0.305 e. The van der Waals surface area contributed by atoms with Crippen molar-refractivity contribution >= 4 is 27.8 Å². The molecule has 2 rings (SSSR count). The molecule has 1 fully saturated rings. The zero-order chi connectivity index (χ0) is 16.2. The molecule has 1 aromatic rings. The lowest BCUT2D eigenvalue weighted by atomic mass is 9.92. The zero-order valence-electron chi connectivity index (χ0n) is 12.5. The smallest absolute Gasteiger partial charge is 0.305 e. The second-order valence-corrected chi connectivity index (χ2v) is 6.65. The van der Waals surface area contributed by atoms with E-state index in [0.29, 0.717) is 5.75 Å². The number of nitrogens with one attached hydrogen (secondary N) is 1. The lowest BCUT2D eigenvalue weighted by Crippen LogP contribution is -2.48. The van der Waals surface area contributed by atoms with Crippen LogP contribution in [0.4, 0.5) is 0 Å². The molecule has 6 heteroatoms. The number of aliphatic carboxylic acids is 1. The molecule has 0 heterocycles. The van der Waals surface area contributed by atoms with Crippen molar-refractivity contribution in [3.05, 3.63) is 28.2 Å². The molecule has 0 aromatic heterocycles. The summed E-state index contributed by atoms with van der Waals surface area (Å²) in [6, 6.07) is 5.50. The Hall–Kier alpha value is -1.56. The maximum absolute atomic E-state index is 12.4. The van der Waals surface area contributed by atoms with Crippen LogP contribution in [0.25, 0.3) is 0 Å². The number of rotatable bonds is 6. The van der Waals surface area contributed by atoms with Crippen LogP contribution in [-0.4, -0.2) is 29.6 Å². The average Bonchev–Trinajstić information content (AvgIpc) is 2.85. The Labute approximate surface area is 138 Å². The molecule has 0 radical (unpaired) electrons. The van der Waals surface area contributed by atoms with Gasteiger partial charge >= 0.3 is 5.97 Å². The van der Waals surface area contributed by atoms with Gasteiger partial charge in [0, 0.05) is 10.0 Å². The molecule has 0 aliphatic heterocycles. The molecular weight excluding hydrogens is 350 g/mol. The van der Waals surface area contributed by atoms with E-state index in [2.05, 4.69) is 21.2 Å². The summed E-state index contributed by atoms with van der Waals surface area (Å²) >= 11 is 3.38. The molecule has 0 spiro atoms. The van der Waals surface area contributed by atoms with Crippen LogP contribution in [0.15, 0.2) is 22.7 Å². The van der Waals surface area contributed by atoms with E-state index < -0.39 is 11.5 Å². The number of hydrogen-bond acceptors (Lipinski definition) is 3. The first kappa shape index (κ1) is 16.8. The van der Waals surface area contributed by atoms with Crippen LogP contribution in [-0.2, 0) is 16.0 Å². The number of methoxy groups -OCH3 is 1. The molecule has 1 amide bonds. The van der Waals surface area contributed by atoms with E-state index in [9.17, 15) is 9.59 Å². The largest absolute Gasteiger partial charge is 0.496 e. The minimum absolute atomic E-state index is 0.0195. The van der Waals surface area contributed by atoms with Gasteiger partial charge in [0.2, 0.25) is 5.91 Å². The number of hydrogen-bond donors (Lipinski definition) is 2. The second-order valence-electron chi connectivity index (χ2n) is 5.74. The molecule has 22 heavy (non-hydrogen) atoms. The Morgan fingerprint density at radius 1 is 1.36 bits per heavy atom. The van der Waals surface area contributed by atoms with Gasteiger partial charge in [-0.3, -0.25) is 9.59 Å². The first-order valence-corrected chi connectivity index (χ1v) is 8.09. The monoisotopic (exact) mass is 369 g/mol. The number of carboxylic acid groups (broad SMARTS) is 1. The van der Waals surface area contributed by atoms with Gasteiger partial charge in [-0.1, -0.05) is 28.8 Å². The van der Waals surface area contributed by atoms with E-state index in [-0.39, 0.29) is 18.7 Å². The van der Waals surface area contributed by atoms with Crippen LogP contribution >= 0.6 is 15.9 Å². The van der Waals surface area contributed by atoms with Gasteiger partial charge < -0.3 is 15.2 Å². The van der Waals surface area contributed by atoms with E-state index >= 15 is 0 Å². The highest BCUT2D eigenvalue weighted by molar-refractivity contribution is 9.10. The quantitative estimate of drug-likeness (QED) is 0.808. The van der Waals surface area contributed by atoms with Crippen molar-refractivity contribution in [1.29, 1.82) is 0 Å². The maximum atomic E-state index is 12.4. The summed E-state index contributed by atoms with van der Waals surface area (Å²) in [7, 11) is 1.56. The fourth-order valence-corrected chi connectivity index (χ4v) is 3.49. The highest BCUT2D eigenvalue weighted by Crippen LogP contribution is 2.33. The fraction of sp³-hybridized carbons (Fsp3) is 0.500. The molecule has 0 bridgehead atoms.